The first-order valence-corrected chi connectivity index (χ1v) is 9.67. The molecule has 0 aliphatic heterocycles. The van der Waals surface area contributed by atoms with Crippen molar-refractivity contribution < 1.29 is 4.74 Å². The van der Waals surface area contributed by atoms with Gasteiger partial charge in [0.05, 0.1) is 22.6 Å². The quantitative estimate of drug-likeness (QED) is 0.696. The number of likely N-dealkylation sites (N-methyl/N-ethyl adjacent to an activating group) is 1. The summed E-state index contributed by atoms with van der Waals surface area (Å²) in [5.41, 5.74) is 7.71. The molecule has 0 radical (unpaired) electrons. The predicted molar refractivity (Wildman–Crippen MR) is 117 cm³/mol. The molecule has 7 nitrogen and oxygen atoms in total. The fraction of sp³-hybridized carbons (Fsp3) is 0.318. The second kappa shape index (κ2) is 7.33. The Balaban J connectivity index is 1.80. The van der Waals surface area contributed by atoms with Gasteiger partial charge in [-0.25, -0.2) is 9.51 Å². The molecular weight excluding hydrogens is 364 g/mol. The first-order valence-electron chi connectivity index (χ1n) is 9.67. The molecule has 0 unspecified atom stereocenters. The van der Waals surface area contributed by atoms with Crippen molar-refractivity contribution in [3.05, 3.63) is 53.0 Å². The minimum atomic E-state index is 0.418. The summed E-state index contributed by atoms with van der Waals surface area (Å²) < 4.78 is 7.72. The Morgan fingerprint density at radius 2 is 2.03 bits per heavy atom. The molecule has 0 saturated carbocycles. The van der Waals surface area contributed by atoms with Gasteiger partial charge >= 0.3 is 0 Å². The van der Waals surface area contributed by atoms with E-state index < -0.39 is 0 Å². The van der Waals surface area contributed by atoms with E-state index in [2.05, 4.69) is 15.0 Å². The monoisotopic (exact) mass is 390 g/mol. The molecular formula is C22H26N6O. The largest absolute Gasteiger partial charge is 0.474 e. The van der Waals surface area contributed by atoms with Crippen molar-refractivity contribution in [2.75, 3.05) is 27.2 Å². The normalized spacial score (nSPS) is 15.3. The highest BCUT2D eigenvalue weighted by Crippen LogP contribution is 2.34. The molecule has 0 spiro atoms. The second-order valence-corrected chi connectivity index (χ2v) is 7.66. The van der Waals surface area contributed by atoms with E-state index in [0.29, 0.717) is 29.6 Å². The average Bonchev–Trinajstić information content (AvgIpc) is 3.17. The third kappa shape index (κ3) is 3.38. The van der Waals surface area contributed by atoms with Crippen LogP contribution < -0.4 is 4.74 Å². The van der Waals surface area contributed by atoms with Crippen molar-refractivity contribution in [3.8, 4) is 5.88 Å². The van der Waals surface area contributed by atoms with Gasteiger partial charge in [-0.3, -0.25) is 5.41 Å². The van der Waals surface area contributed by atoms with Gasteiger partial charge in [0, 0.05) is 24.0 Å². The number of nitrogens with one attached hydrogen (secondary N) is 2. The van der Waals surface area contributed by atoms with Crippen LogP contribution >= 0.6 is 0 Å². The zero-order chi connectivity index (χ0) is 20.7. The van der Waals surface area contributed by atoms with E-state index in [4.69, 9.17) is 15.1 Å². The summed E-state index contributed by atoms with van der Waals surface area (Å²) in [7, 11) is 4.01. The molecule has 0 saturated heterocycles. The fourth-order valence-electron chi connectivity index (χ4n) is 3.50. The van der Waals surface area contributed by atoms with Gasteiger partial charge in [-0.2, -0.15) is 0 Å². The Hall–Kier alpha value is -3.19. The number of allylic oxidation sites excluding steroid dienone is 2. The zero-order valence-electron chi connectivity index (χ0n) is 17.5. The van der Waals surface area contributed by atoms with Crippen molar-refractivity contribution in [3.63, 3.8) is 0 Å². The highest BCUT2D eigenvalue weighted by molar-refractivity contribution is 6.54. The van der Waals surface area contributed by atoms with Crippen LogP contribution in [0.1, 0.15) is 29.4 Å². The lowest BCUT2D eigenvalue weighted by molar-refractivity contribution is 0.254. The maximum absolute atomic E-state index is 8.78. The van der Waals surface area contributed by atoms with Crippen LogP contribution in [-0.4, -0.2) is 58.2 Å². The molecule has 29 heavy (non-hydrogen) atoms. The standard InChI is InChI=1S/C22H26N6O/c1-13-12-16(19(23)18-14(2)15(3)24-20(13)18)25-21-17-8-6-7-9-28(17)26-22(21)29-11-10-27(4)5/h6-9,12,23-24H,10-11H2,1-5H3. The number of fused-ring (bicyclic) bond motifs is 2. The van der Waals surface area contributed by atoms with Crippen molar-refractivity contribution in [2.24, 2.45) is 4.99 Å². The van der Waals surface area contributed by atoms with Crippen molar-refractivity contribution in [2.45, 2.75) is 20.8 Å². The SMILES string of the molecule is CC1=CC(=Nc2c(OCCN(C)C)nn3ccccc23)C(=N)c2c1[nH]c(C)c2C. The number of aliphatic imine (C=N–C) groups is 1. The summed E-state index contributed by atoms with van der Waals surface area (Å²) in [6, 6.07) is 5.84. The van der Waals surface area contributed by atoms with Gasteiger partial charge in [0.25, 0.3) is 5.88 Å². The summed E-state index contributed by atoms with van der Waals surface area (Å²) in [6.45, 7) is 7.42. The molecule has 150 valence electrons. The first-order chi connectivity index (χ1) is 13.9. The van der Waals surface area contributed by atoms with Gasteiger partial charge < -0.3 is 14.6 Å². The summed E-state index contributed by atoms with van der Waals surface area (Å²) in [5, 5.41) is 13.3. The third-order valence-electron chi connectivity index (χ3n) is 5.25. The number of hydrogen-bond acceptors (Lipinski definition) is 5. The van der Waals surface area contributed by atoms with Crippen molar-refractivity contribution >= 4 is 28.2 Å². The number of ether oxygens (including phenoxy) is 1. The topological polar surface area (TPSA) is 81.8 Å². The van der Waals surface area contributed by atoms with Crippen LogP contribution in [0.3, 0.4) is 0 Å². The highest BCUT2D eigenvalue weighted by Gasteiger charge is 2.25. The zero-order valence-corrected chi connectivity index (χ0v) is 17.5. The number of H-pyrrole nitrogens is 1. The summed E-state index contributed by atoms with van der Waals surface area (Å²) in [5.74, 6) is 0.483. The van der Waals surface area contributed by atoms with Gasteiger partial charge in [-0.1, -0.05) is 6.07 Å². The van der Waals surface area contributed by atoms with E-state index in [-0.39, 0.29) is 0 Å². The van der Waals surface area contributed by atoms with E-state index in [0.717, 1.165) is 40.1 Å². The summed E-state index contributed by atoms with van der Waals surface area (Å²) in [4.78, 5) is 10.3. The lowest BCUT2D eigenvalue weighted by Crippen LogP contribution is -2.20. The van der Waals surface area contributed by atoms with Crippen LogP contribution in [-0.2, 0) is 0 Å². The molecule has 0 aromatic carbocycles. The van der Waals surface area contributed by atoms with Crippen LogP contribution in [0.4, 0.5) is 5.69 Å². The smallest absolute Gasteiger partial charge is 0.260 e. The molecule has 4 rings (SSSR count). The molecule has 0 bridgehead atoms. The predicted octanol–water partition coefficient (Wildman–Crippen LogP) is 3.78. The maximum atomic E-state index is 8.78. The van der Waals surface area contributed by atoms with E-state index in [9.17, 15) is 0 Å². The lowest BCUT2D eigenvalue weighted by Gasteiger charge is -2.15. The summed E-state index contributed by atoms with van der Waals surface area (Å²) in [6.07, 6.45) is 3.83. The van der Waals surface area contributed by atoms with Crippen LogP contribution in [0, 0.1) is 19.3 Å². The van der Waals surface area contributed by atoms with Crippen LogP contribution in [0.25, 0.3) is 11.1 Å². The number of nitrogens with zero attached hydrogens (tertiary/aromatic N) is 4. The number of aryl methyl sites for hydroxylation is 1. The van der Waals surface area contributed by atoms with Crippen molar-refractivity contribution in [1.82, 2.24) is 19.5 Å². The Morgan fingerprint density at radius 3 is 2.79 bits per heavy atom. The van der Waals surface area contributed by atoms with Gasteiger partial charge in [-0.05, 0) is 64.2 Å². The number of rotatable bonds is 5. The van der Waals surface area contributed by atoms with Gasteiger partial charge in [0.2, 0.25) is 0 Å². The fourth-order valence-corrected chi connectivity index (χ4v) is 3.50. The number of pyridine rings is 1. The molecule has 3 heterocycles. The minimum absolute atomic E-state index is 0.418. The molecule has 3 aromatic rings. The van der Waals surface area contributed by atoms with Gasteiger partial charge in [0.1, 0.15) is 6.61 Å². The Labute approximate surface area is 170 Å². The maximum Gasteiger partial charge on any atom is 0.260 e. The molecule has 1 aliphatic rings. The number of aromatic nitrogens is 3. The first kappa shape index (κ1) is 19.1. The molecule has 7 heteroatoms. The van der Waals surface area contributed by atoms with Crippen LogP contribution in [0.2, 0.25) is 0 Å². The number of hydrogen-bond donors (Lipinski definition) is 2. The lowest BCUT2D eigenvalue weighted by atomic mass is 9.92. The molecule has 1 aliphatic carbocycles. The second-order valence-electron chi connectivity index (χ2n) is 7.66. The average molecular weight is 390 g/mol. The van der Waals surface area contributed by atoms with E-state index in [1.807, 2.05) is 65.3 Å². The Bertz CT molecular complexity index is 1160. The molecule has 0 atom stereocenters. The van der Waals surface area contributed by atoms with Crippen molar-refractivity contribution in [1.29, 1.82) is 5.41 Å². The van der Waals surface area contributed by atoms with Crippen LogP contribution in [0.5, 0.6) is 5.88 Å². The van der Waals surface area contributed by atoms with E-state index in [1.165, 1.54) is 0 Å². The third-order valence-corrected chi connectivity index (χ3v) is 5.25. The Kier molecular flexibility index (Phi) is 4.84. The Morgan fingerprint density at radius 1 is 1.24 bits per heavy atom. The molecule has 3 aromatic heterocycles. The number of aromatic amines is 1. The molecule has 0 fully saturated rings. The van der Waals surface area contributed by atoms with Gasteiger partial charge in [-0.15, -0.1) is 5.10 Å². The summed E-state index contributed by atoms with van der Waals surface area (Å²) >= 11 is 0. The minimum Gasteiger partial charge on any atom is -0.474 e. The molecule has 0 amide bonds. The van der Waals surface area contributed by atoms with Crippen LogP contribution in [0.15, 0.2) is 35.5 Å². The van der Waals surface area contributed by atoms with E-state index in [1.54, 1.807) is 4.52 Å². The highest BCUT2D eigenvalue weighted by atomic mass is 16.5. The van der Waals surface area contributed by atoms with Gasteiger partial charge in [0.15, 0.2) is 5.69 Å². The van der Waals surface area contributed by atoms with E-state index >= 15 is 0 Å². The molecule has 2 N–H and O–H groups in total.